The maximum atomic E-state index is 12.5. The number of carbonyl (C=O) groups is 1. The van der Waals surface area contributed by atoms with Gasteiger partial charge in [0.25, 0.3) is 0 Å². The number of nitrogens with zero attached hydrogens (tertiary/aromatic N) is 1. The summed E-state index contributed by atoms with van der Waals surface area (Å²) in [5, 5.41) is 5.49. The lowest BCUT2D eigenvalue weighted by atomic mass is 10.2. The third-order valence-corrected chi connectivity index (χ3v) is 4.94. The summed E-state index contributed by atoms with van der Waals surface area (Å²) in [5.41, 5.74) is 0. The van der Waals surface area contributed by atoms with Crippen molar-refractivity contribution in [2.45, 2.75) is 50.8 Å². The minimum atomic E-state index is 0.227. The first-order valence-electron chi connectivity index (χ1n) is 7.96. The van der Waals surface area contributed by atoms with Gasteiger partial charge in [-0.1, -0.05) is 6.07 Å². The molecular formula is C16H24N2O2S. The molecule has 4 nitrogen and oxygen atoms in total. The fourth-order valence-electron chi connectivity index (χ4n) is 2.71. The molecule has 2 fully saturated rings. The molecule has 1 saturated carbocycles. The van der Waals surface area contributed by atoms with Crippen molar-refractivity contribution in [3.05, 3.63) is 22.4 Å². The molecular weight excluding hydrogens is 284 g/mol. The molecule has 5 heteroatoms. The van der Waals surface area contributed by atoms with E-state index in [1.54, 1.807) is 11.3 Å². The highest BCUT2D eigenvalue weighted by Crippen LogP contribution is 2.19. The second-order valence-electron chi connectivity index (χ2n) is 5.97. The van der Waals surface area contributed by atoms with E-state index in [1.807, 2.05) is 11.0 Å². The lowest BCUT2D eigenvalue weighted by Crippen LogP contribution is -2.38. The summed E-state index contributed by atoms with van der Waals surface area (Å²) >= 11 is 1.71. The SMILES string of the molecule is O=C(CCNC1CC1)N(Cc1cccs1)CC1CCCO1. The van der Waals surface area contributed by atoms with Gasteiger partial charge in [-0.3, -0.25) is 4.79 Å². The van der Waals surface area contributed by atoms with Crippen LogP contribution in [0, 0.1) is 0 Å². The Balaban J connectivity index is 1.52. The number of hydrogen-bond acceptors (Lipinski definition) is 4. The molecule has 116 valence electrons. The monoisotopic (exact) mass is 308 g/mol. The Hall–Kier alpha value is -0.910. The van der Waals surface area contributed by atoms with Crippen LogP contribution in [0.15, 0.2) is 17.5 Å². The van der Waals surface area contributed by atoms with Crippen LogP contribution >= 0.6 is 11.3 Å². The molecule has 0 bridgehead atoms. The first kappa shape index (κ1) is 15.0. The van der Waals surface area contributed by atoms with Crippen molar-refractivity contribution in [3.8, 4) is 0 Å². The first-order valence-corrected chi connectivity index (χ1v) is 8.84. The lowest BCUT2D eigenvalue weighted by molar-refractivity contribution is -0.133. The summed E-state index contributed by atoms with van der Waals surface area (Å²) in [5.74, 6) is 0.243. The van der Waals surface area contributed by atoms with Crippen LogP contribution in [0.25, 0.3) is 0 Å². The van der Waals surface area contributed by atoms with Gasteiger partial charge in [0.15, 0.2) is 0 Å². The molecule has 0 spiro atoms. The molecule has 0 aromatic carbocycles. The first-order chi connectivity index (χ1) is 10.3. The number of carbonyl (C=O) groups excluding carboxylic acids is 1. The van der Waals surface area contributed by atoms with Gasteiger partial charge in [0, 0.05) is 37.0 Å². The topological polar surface area (TPSA) is 41.6 Å². The number of hydrogen-bond donors (Lipinski definition) is 1. The summed E-state index contributed by atoms with van der Waals surface area (Å²) in [6.45, 7) is 3.10. The zero-order valence-electron chi connectivity index (χ0n) is 12.4. The van der Waals surface area contributed by atoms with Crippen LogP contribution in [-0.4, -0.2) is 42.6 Å². The van der Waals surface area contributed by atoms with Crippen LogP contribution in [0.3, 0.4) is 0 Å². The molecule has 2 heterocycles. The average Bonchev–Trinajstić information content (AvgIpc) is 2.94. The third kappa shape index (κ3) is 4.80. The number of ether oxygens (including phenoxy) is 1. The highest BCUT2D eigenvalue weighted by molar-refractivity contribution is 7.09. The van der Waals surface area contributed by atoms with E-state index in [2.05, 4.69) is 16.8 Å². The van der Waals surface area contributed by atoms with Crippen molar-refractivity contribution < 1.29 is 9.53 Å². The fourth-order valence-corrected chi connectivity index (χ4v) is 3.43. The Morgan fingerprint density at radius 1 is 1.43 bits per heavy atom. The zero-order valence-corrected chi connectivity index (χ0v) is 13.2. The quantitative estimate of drug-likeness (QED) is 0.802. The van der Waals surface area contributed by atoms with Crippen LogP contribution in [0.5, 0.6) is 0 Å². The van der Waals surface area contributed by atoms with Gasteiger partial charge in [0.2, 0.25) is 5.91 Å². The standard InChI is InChI=1S/C16H24N2O2S/c19-16(7-8-17-13-5-6-13)18(11-14-3-1-9-20-14)12-15-4-2-10-21-15/h2,4,10,13-14,17H,1,3,5-9,11-12H2. The molecule has 1 N–H and O–H groups in total. The van der Waals surface area contributed by atoms with Crippen molar-refractivity contribution >= 4 is 17.2 Å². The Labute approximate surface area is 130 Å². The van der Waals surface area contributed by atoms with Gasteiger partial charge in [0.05, 0.1) is 12.6 Å². The van der Waals surface area contributed by atoms with E-state index in [0.717, 1.165) is 39.1 Å². The number of amides is 1. The van der Waals surface area contributed by atoms with E-state index in [-0.39, 0.29) is 12.0 Å². The van der Waals surface area contributed by atoms with Crippen LogP contribution in [0.1, 0.15) is 37.0 Å². The molecule has 1 aromatic rings. The molecule has 1 amide bonds. The fraction of sp³-hybridized carbons (Fsp3) is 0.688. The molecule has 1 saturated heterocycles. The molecule has 1 aliphatic heterocycles. The Morgan fingerprint density at radius 2 is 2.33 bits per heavy atom. The van der Waals surface area contributed by atoms with Crippen LogP contribution in [0.2, 0.25) is 0 Å². The number of nitrogens with one attached hydrogen (secondary N) is 1. The normalized spacial score (nSPS) is 21.6. The minimum Gasteiger partial charge on any atom is -0.376 e. The van der Waals surface area contributed by atoms with Gasteiger partial charge in [-0.15, -0.1) is 11.3 Å². The molecule has 21 heavy (non-hydrogen) atoms. The van der Waals surface area contributed by atoms with E-state index in [0.29, 0.717) is 12.5 Å². The van der Waals surface area contributed by atoms with Gasteiger partial charge in [-0.2, -0.15) is 0 Å². The van der Waals surface area contributed by atoms with Crippen molar-refractivity contribution in [3.63, 3.8) is 0 Å². The van der Waals surface area contributed by atoms with Crippen molar-refractivity contribution in [1.29, 1.82) is 0 Å². The average molecular weight is 308 g/mol. The van der Waals surface area contributed by atoms with E-state index in [4.69, 9.17) is 4.74 Å². The molecule has 1 atom stereocenters. The second kappa shape index (κ2) is 7.38. The highest BCUT2D eigenvalue weighted by Gasteiger charge is 2.24. The van der Waals surface area contributed by atoms with Crippen LogP contribution < -0.4 is 5.32 Å². The largest absolute Gasteiger partial charge is 0.376 e. The van der Waals surface area contributed by atoms with Crippen molar-refractivity contribution in [2.24, 2.45) is 0 Å². The summed E-state index contributed by atoms with van der Waals surface area (Å²) in [7, 11) is 0. The summed E-state index contributed by atoms with van der Waals surface area (Å²) in [6.07, 6.45) is 5.55. The second-order valence-corrected chi connectivity index (χ2v) is 7.00. The number of thiophene rings is 1. The van der Waals surface area contributed by atoms with Gasteiger partial charge in [0.1, 0.15) is 0 Å². The van der Waals surface area contributed by atoms with Crippen molar-refractivity contribution in [2.75, 3.05) is 19.7 Å². The lowest BCUT2D eigenvalue weighted by Gasteiger charge is -2.25. The molecule has 1 aliphatic carbocycles. The molecule has 1 aromatic heterocycles. The third-order valence-electron chi connectivity index (χ3n) is 4.08. The van der Waals surface area contributed by atoms with Gasteiger partial charge < -0.3 is 15.0 Å². The molecule has 1 unspecified atom stereocenters. The Morgan fingerprint density at radius 3 is 3.00 bits per heavy atom. The van der Waals surface area contributed by atoms with E-state index in [1.165, 1.54) is 17.7 Å². The van der Waals surface area contributed by atoms with E-state index < -0.39 is 0 Å². The van der Waals surface area contributed by atoms with E-state index in [9.17, 15) is 4.79 Å². The summed E-state index contributed by atoms with van der Waals surface area (Å²) < 4.78 is 5.70. The number of rotatable bonds is 8. The Kier molecular flexibility index (Phi) is 5.27. The maximum absolute atomic E-state index is 12.5. The Bertz CT molecular complexity index is 439. The van der Waals surface area contributed by atoms with Gasteiger partial charge in [-0.25, -0.2) is 0 Å². The van der Waals surface area contributed by atoms with Crippen molar-refractivity contribution in [1.82, 2.24) is 10.2 Å². The van der Waals surface area contributed by atoms with Crippen LogP contribution in [-0.2, 0) is 16.1 Å². The summed E-state index contributed by atoms with van der Waals surface area (Å²) in [4.78, 5) is 15.7. The zero-order chi connectivity index (χ0) is 14.5. The predicted molar refractivity (Wildman–Crippen MR) is 84.4 cm³/mol. The van der Waals surface area contributed by atoms with Gasteiger partial charge in [-0.05, 0) is 37.1 Å². The molecule has 0 radical (unpaired) electrons. The van der Waals surface area contributed by atoms with Crippen LogP contribution in [0.4, 0.5) is 0 Å². The molecule has 2 aliphatic rings. The molecule has 3 rings (SSSR count). The summed E-state index contributed by atoms with van der Waals surface area (Å²) in [6, 6.07) is 4.81. The minimum absolute atomic E-state index is 0.227. The predicted octanol–water partition coefficient (Wildman–Crippen LogP) is 2.40. The van der Waals surface area contributed by atoms with E-state index >= 15 is 0 Å². The smallest absolute Gasteiger partial charge is 0.224 e. The highest BCUT2D eigenvalue weighted by atomic mass is 32.1. The maximum Gasteiger partial charge on any atom is 0.224 e. The van der Waals surface area contributed by atoms with Gasteiger partial charge >= 0.3 is 0 Å².